The smallest absolute Gasteiger partial charge is 0.462 e. The second-order valence-electron chi connectivity index (χ2n) is 13.4. The van der Waals surface area contributed by atoms with Crippen LogP contribution >= 0.6 is 7.82 Å². The molecule has 52 heavy (non-hydrogen) atoms. The Hall–Kier alpha value is -2.07. The van der Waals surface area contributed by atoms with Gasteiger partial charge >= 0.3 is 19.8 Å². The van der Waals surface area contributed by atoms with Crippen molar-refractivity contribution in [3.8, 4) is 0 Å². The van der Waals surface area contributed by atoms with Crippen LogP contribution in [0.25, 0.3) is 0 Å². The zero-order valence-corrected chi connectivity index (χ0v) is 33.5. The quantitative estimate of drug-likeness (QED) is 0.0183. The molecule has 0 rings (SSSR count). The molecule has 4 N–H and O–H groups in total. The SMILES string of the molecule is CCCCCC=CCC=CC=CC(O)CC=CCCCC(=O)OC(COC(=O)CCCCCCCCCCCCCCC)COP(=O)(O)OCCN. The second-order valence-corrected chi connectivity index (χ2v) is 14.8. The van der Waals surface area contributed by atoms with E-state index in [2.05, 4.69) is 26.0 Å². The summed E-state index contributed by atoms with van der Waals surface area (Å²) >= 11 is 0. The van der Waals surface area contributed by atoms with E-state index in [-0.39, 0.29) is 32.6 Å². The van der Waals surface area contributed by atoms with Gasteiger partial charge in [0.2, 0.25) is 0 Å². The summed E-state index contributed by atoms with van der Waals surface area (Å²) in [6.07, 6.45) is 37.4. The van der Waals surface area contributed by atoms with Gasteiger partial charge < -0.3 is 25.2 Å². The molecule has 0 saturated heterocycles. The van der Waals surface area contributed by atoms with Crippen molar-refractivity contribution in [2.75, 3.05) is 26.4 Å². The summed E-state index contributed by atoms with van der Waals surface area (Å²) in [5.41, 5.74) is 5.33. The van der Waals surface area contributed by atoms with Gasteiger partial charge in [0, 0.05) is 19.4 Å². The van der Waals surface area contributed by atoms with Crippen molar-refractivity contribution in [1.82, 2.24) is 0 Å². The van der Waals surface area contributed by atoms with Gasteiger partial charge in [-0.3, -0.25) is 18.6 Å². The average Bonchev–Trinajstić information content (AvgIpc) is 3.12. The molecule has 0 aliphatic rings. The summed E-state index contributed by atoms with van der Waals surface area (Å²) in [4.78, 5) is 34.7. The van der Waals surface area contributed by atoms with E-state index < -0.39 is 38.6 Å². The highest BCUT2D eigenvalue weighted by Gasteiger charge is 2.25. The number of allylic oxidation sites excluding steroid dienone is 6. The van der Waals surface area contributed by atoms with Gasteiger partial charge in [-0.25, -0.2) is 4.57 Å². The highest BCUT2D eigenvalue weighted by atomic mass is 31.2. The number of carbonyl (C=O) groups is 2. The maximum atomic E-state index is 12.5. The molecule has 0 heterocycles. The third-order valence-corrected chi connectivity index (χ3v) is 9.28. The third-order valence-electron chi connectivity index (χ3n) is 8.30. The van der Waals surface area contributed by atoms with Crippen LogP contribution in [-0.4, -0.2) is 60.5 Å². The summed E-state index contributed by atoms with van der Waals surface area (Å²) in [5.74, 6) is -0.963. The van der Waals surface area contributed by atoms with Crippen molar-refractivity contribution in [3.63, 3.8) is 0 Å². The van der Waals surface area contributed by atoms with Gasteiger partial charge in [0.25, 0.3) is 0 Å². The van der Waals surface area contributed by atoms with E-state index in [1.54, 1.807) is 6.08 Å². The van der Waals surface area contributed by atoms with Crippen LogP contribution in [0.3, 0.4) is 0 Å². The predicted molar refractivity (Wildman–Crippen MR) is 212 cm³/mol. The molecule has 0 spiro atoms. The van der Waals surface area contributed by atoms with Gasteiger partial charge in [0.1, 0.15) is 6.61 Å². The number of esters is 2. The van der Waals surface area contributed by atoms with Gasteiger partial charge in [0.05, 0.1) is 19.3 Å². The molecule has 0 aromatic carbocycles. The summed E-state index contributed by atoms with van der Waals surface area (Å²) < 4.78 is 32.6. The molecule has 10 nitrogen and oxygen atoms in total. The fourth-order valence-corrected chi connectivity index (χ4v) is 6.00. The first-order valence-corrected chi connectivity index (χ1v) is 21.7. The molecule has 0 aliphatic heterocycles. The summed E-state index contributed by atoms with van der Waals surface area (Å²) in [7, 11) is -4.41. The van der Waals surface area contributed by atoms with Gasteiger partial charge in [-0.15, -0.1) is 0 Å². The van der Waals surface area contributed by atoms with Crippen molar-refractivity contribution in [2.45, 2.75) is 174 Å². The first-order chi connectivity index (χ1) is 25.2. The van der Waals surface area contributed by atoms with Crippen LogP contribution in [0.1, 0.15) is 162 Å². The van der Waals surface area contributed by atoms with Crippen molar-refractivity contribution >= 4 is 19.8 Å². The highest BCUT2D eigenvalue weighted by molar-refractivity contribution is 7.47. The number of nitrogens with two attached hydrogens (primary N) is 1. The van der Waals surface area contributed by atoms with Crippen LogP contribution < -0.4 is 5.73 Å². The van der Waals surface area contributed by atoms with Crippen LogP contribution in [0.15, 0.2) is 48.6 Å². The Bertz CT molecular complexity index is 1010. The standard InChI is InChI=1S/C41H74NO9P/c1-3-5-7-9-11-13-15-16-17-19-21-23-28-32-40(44)48-36-39(37-50-52(46,47)49-35-34-42)51-41(45)33-29-25-24-27-31-38(43)30-26-22-20-18-14-12-10-8-6-4-2/h12,14,20,22,24,26-27,30,38-39,43H,3-11,13,15-19,21,23,25,28-29,31-37,42H2,1-2H3,(H,46,47). The maximum Gasteiger partial charge on any atom is 0.472 e. The third kappa shape index (κ3) is 36.3. The van der Waals surface area contributed by atoms with Crippen LogP contribution in [0.4, 0.5) is 0 Å². The number of ether oxygens (including phenoxy) is 2. The largest absolute Gasteiger partial charge is 0.472 e. The second kappa shape index (κ2) is 37.3. The number of hydrogen-bond acceptors (Lipinski definition) is 9. The molecule has 0 amide bonds. The molecule has 0 fully saturated rings. The number of aliphatic hydroxyl groups is 1. The lowest BCUT2D eigenvalue weighted by molar-refractivity contribution is -0.161. The molecular formula is C41H74NO9P. The minimum absolute atomic E-state index is 0.0297. The molecule has 0 aliphatic carbocycles. The first-order valence-electron chi connectivity index (χ1n) is 20.2. The Kier molecular flexibility index (Phi) is 35.8. The van der Waals surface area contributed by atoms with Crippen LogP contribution in [-0.2, 0) is 32.7 Å². The van der Waals surface area contributed by atoms with E-state index in [1.165, 1.54) is 83.5 Å². The molecule has 302 valence electrons. The molecule has 3 atom stereocenters. The van der Waals surface area contributed by atoms with Crippen LogP contribution in [0, 0.1) is 0 Å². The minimum Gasteiger partial charge on any atom is -0.462 e. The van der Waals surface area contributed by atoms with Crippen molar-refractivity contribution in [2.24, 2.45) is 5.73 Å². The van der Waals surface area contributed by atoms with Crippen LogP contribution in [0.5, 0.6) is 0 Å². The Morgan fingerprint density at radius 1 is 0.673 bits per heavy atom. The number of phosphoric ester groups is 1. The van der Waals surface area contributed by atoms with E-state index >= 15 is 0 Å². The van der Waals surface area contributed by atoms with Gasteiger partial charge in [-0.05, 0) is 44.9 Å². The zero-order valence-electron chi connectivity index (χ0n) is 32.6. The number of hydrogen-bond donors (Lipinski definition) is 3. The molecular weight excluding hydrogens is 681 g/mol. The summed E-state index contributed by atoms with van der Waals surface area (Å²) in [5, 5.41) is 10.1. The molecule has 3 unspecified atom stereocenters. The van der Waals surface area contributed by atoms with Gasteiger partial charge in [-0.1, -0.05) is 152 Å². The maximum absolute atomic E-state index is 12.5. The predicted octanol–water partition coefficient (Wildman–Crippen LogP) is 10.1. The highest BCUT2D eigenvalue weighted by Crippen LogP contribution is 2.43. The molecule has 11 heteroatoms. The number of rotatable bonds is 37. The van der Waals surface area contributed by atoms with E-state index in [0.717, 1.165) is 25.7 Å². The van der Waals surface area contributed by atoms with E-state index in [1.807, 2.05) is 30.4 Å². The lowest BCUT2D eigenvalue weighted by Gasteiger charge is -2.19. The average molecular weight is 756 g/mol. The first kappa shape index (κ1) is 49.9. The van der Waals surface area contributed by atoms with Crippen molar-refractivity contribution < 1.29 is 42.7 Å². The fourth-order valence-electron chi connectivity index (χ4n) is 5.24. The Labute approximate surface area is 316 Å². The molecule has 0 radical (unpaired) electrons. The minimum atomic E-state index is -4.41. The van der Waals surface area contributed by atoms with Gasteiger partial charge in [0.15, 0.2) is 6.10 Å². The molecule has 0 bridgehead atoms. The monoisotopic (exact) mass is 756 g/mol. The van der Waals surface area contributed by atoms with E-state index in [0.29, 0.717) is 25.7 Å². The topological polar surface area (TPSA) is 155 Å². The zero-order chi connectivity index (χ0) is 38.4. The van der Waals surface area contributed by atoms with Crippen molar-refractivity contribution in [3.05, 3.63) is 48.6 Å². The molecule has 0 saturated carbocycles. The number of phosphoric acid groups is 1. The Balaban J connectivity index is 4.39. The molecule has 0 aromatic heterocycles. The van der Waals surface area contributed by atoms with Crippen molar-refractivity contribution in [1.29, 1.82) is 0 Å². The van der Waals surface area contributed by atoms with E-state index in [4.69, 9.17) is 24.3 Å². The lowest BCUT2D eigenvalue weighted by Crippen LogP contribution is -2.29. The van der Waals surface area contributed by atoms with E-state index in [9.17, 15) is 24.2 Å². The Morgan fingerprint density at radius 3 is 1.90 bits per heavy atom. The molecule has 0 aromatic rings. The normalized spacial score (nSPS) is 14.5. The van der Waals surface area contributed by atoms with Crippen LogP contribution in [0.2, 0.25) is 0 Å². The number of aliphatic hydroxyl groups excluding tert-OH is 1. The van der Waals surface area contributed by atoms with Gasteiger partial charge in [-0.2, -0.15) is 0 Å². The Morgan fingerprint density at radius 2 is 1.25 bits per heavy atom. The summed E-state index contributed by atoms with van der Waals surface area (Å²) in [6, 6.07) is 0. The lowest BCUT2D eigenvalue weighted by atomic mass is 10.0. The fraction of sp³-hybridized carbons (Fsp3) is 0.756. The summed E-state index contributed by atoms with van der Waals surface area (Å²) in [6.45, 7) is 3.51. The number of unbranched alkanes of at least 4 members (excludes halogenated alkanes) is 16. The number of carbonyl (C=O) groups excluding carboxylic acids is 2.